The van der Waals surface area contributed by atoms with Crippen LogP contribution in [-0.4, -0.2) is 10.1 Å². The van der Waals surface area contributed by atoms with Crippen molar-refractivity contribution in [3.05, 3.63) is 34.7 Å². The van der Waals surface area contributed by atoms with Crippen LogP contribution in [0.25, 0.3) is 10.8 Å². The number of nitrogens with two attached hydrogens (primary N) is 1. The zero-order chi connectivity index (χ0) is 11.0. The van der Waals surface area contributed by atoms with Gasteiger partial charge in [0.1, 0.15) is 11.6 Å². The van der Waals surface area contributed by atoms with Crippen molar-refractivity contribution in [3.8, 4) is 0 Å². The lowest BCUT2D eigenvalue weighted by molar-refractivity contribution is 0.276. The van der Waals surface area contributed by atoms with Gasteiger partial charge in [0.15, 0.2) is 0 Å². The van der Waals surface area contributed by atoms with Crippen LogP contribution in [0, 0.1) is 5.82 Å². The van der Waals surface area contributed by atoms with Gasteiger partial charge in [-0.15, -0.1) is 0 Å². The summed E-state index contributed by atoms with van der Waals surface area (Å²) in [4.78, 5) is 3.83. The molecule has 0 bridgehead atoms. The maximum absolute atomic E-state index is 13.5. The number of aromatic nitrogens is 1. The van der Waals surface area contributed by atoms with Crippen LogP contribution < -0.4 is 5.73 Å². The molecule has 0 fully saturated rings. The highest BCUT2D eigenvalue weighted by Crippen LogP contribution is 2.29. The van der Waals surface area contributed by atoms with Crippen molar-refractivity contribution < 1.29 is 9.50 Å². The number of nitrogen functional groups attached to an aromatic ring is 1. The Morgan fingerprint density at radius 1 is 1.47 bits per heavy atom. The van der Waals surface area contributed by atoms with Crippen molar-refractivity contribution in [2.45, 2.75) is 6.61 Å². The van der Waals surface area contributed by atoms with E-state index in [0.29, 0.717) is 16.6 Å². The Kier molecular flexibility index (Phi) is 2.46. The van der Waals surface area contributed by atoms with Crippen LogP contribution in [0.1, 0.15) is 5.56 Å². The van der Waals surface area contributed by atoms with E-state index >= 15 is 0 Å². The van der Waals surface area contributed by atoms with Crippen LogP contribution in [0.15, 0.2) is 18.3 Å². The fourth-order valence-electron chi connectivity index (χ4n) is 1.42. The standard InChI is InChI=1S/C10H8ClFN2O/c11-9-7-3-14-8(13)2-5(7)1-6(4-15)10(9)12/h1-3,15H,4H2,(H2,13,14). The van der Waals surface area contributed by atoms with Crippen molar-refractivity contribution in [3.63, 3.8) is 0 Å². The summed E-state index contributed by atoms with van der Waals surface area (Å²) in [7, 11) is 0. The number of pyridine rings is 1. The van der Waals surface area contributed by atoms with E-state index in [4.69, 9.17) is 22.4 Å². The molecule has 1 aromatic heterocycles. The Bertz CT molecular complexity index is 530. The third kappa shape index (κ3) is 1.62. The molecule has 0 saturated heterocycles. The summed E-state index contributed by atoms with van der Waals surface area (Å²) in [6.45, 7) is -0.399. The number of hydrogen-bond donors (Lipinski definition) is 2. The molecule has 1 aromatic carbocycles. The van der Waals surface area contributed by atoms with Crippen LogP contribution in [0.2, 0.25) is 5.02 Å². The van der Waals surface area contributed by atoms with Gasteiger partial charge in [-0.3, -0.25) is 0 Å². The second-order valence-electron chi connectivity index (χ2n) is 3.15. The highest BCUT2D eigenvalue weighted by atomic mass is 35.5. The van der Waals surface area contributed by atoms with E-state index in [9.17, 15) is 4.39 Å². The van der Waals surface area contributed by atoms with Crippen molar-refractivity contribution in [1.29, 1.82) is 0 Å². The molecule has 0 saturated carbocycles. The highest BCUT2D eigenvalue weighted by Gasteiger charge is 2.11. The van der Waals surface area contributed by atoms with Crippen LogP contribution in [-0.2, 0) is 6.61 Å². The molecule has 0 aliphatic rings. The molecule has 0 radical (unpaired) electrons. The monoisotopic (exact) mass is 226 g/mol. The van der Waals surface area contributed by atoms with E-state index in [1.54, 1.807) is 6.07 Å². The smallest absolute Gasteiger partial charge is 0.147 e. The molecule has 1 heterocycles. The lowest BCUT2D eigenvalue weighted by Gasteiger charge is -2.06. The van der Waals surface area contributed by atoms with Crippen LogP contribution in [0.3, 0.4) is 0 Å². The number of fused-ring (bicyclic) bond motifs is 1. The lowest BCUT2D eigenvalue weighted by Crippen LogP contribution is -1.95. The van der Waals surface area contributed by atoms with E-state index in [1.165, 1.54) is 12.3 Å². The van der Waals surface area contributed by atoms with Gasteiger partial charge in [-0.2, -0.15) is 0 Å². The van der Waals surface area contributed by atoms with Gasteiger partial charge in [0.05, 0.1) is 11.6 Å². The van der Waals surface area contributed by atoms with E-state index < -0.39 is 12.4 Å². The second kappa shape index (κ2) is 3.64. The summed E-state index contributed by atoms with van der Waals surface area (Å²) in [6, 6.07) is 3.09. The Hall–Kier alpha value is -1.39. The summed E-state index contributed by atoms with van der Waals surface area (Å²) in [5, 5.41) is 10.0. The first-order valence-electron chi connectivity index (χ1n) is 4.26. The predicted octanol–water partition coefficient (Wildman–Crippen LogP) is 2.10. The fourth-order valence-corrected chi connectivity index (χ4v) is 1.70. The summed E-state index contributed by atoms with van der Waals surface area (Å²) >= 11 is 5.80. The third-order valence-corrected chi connectivity index (χ3v) is 2.54. The molecule has 3 N–H and O–H groups in total. The highest BCUT2D eigenvalue weighted by molar-refractivity contribution is 6.35. The molecule has 0 unspecified atom stereocenters. The summed E-state index contributed by atoms with van der Waals surface area (Å²) in [6.07, 6.45) is 1.41. The van der Waals surface area contributed by atoms with Gasteiger partial charge in [0, 0.05) is 17.1 Å². The number of aliphatic hydroxyl groups excluding tert-OH is 1. The number of hydrogen-bond acceptors (Lipinski definition) is 3. The molecule has 5 heteroatoms. The molecule has 0 aliphatic heterocycles. The first-order valence-corrected chi connectivity index (χ1v) is 4.64. The quantitative estimate of drug-likeness (QED) is 0.783. The largest absolute Gasteiger partial charge is 0.392 e. The zero-order valence-corrected chi connectivity index (χ0v) is 8.42. The Morgan fingerprint density at radius 2 is 2.20 bits per heavy atom. The summed E-state index contributed by atoms with van der Waals surface area (Å²) in [5.74, 6) is -0.285. The number of halogens is 2. The Morgan fingerprint density at radius 3 is 2.87 bits per heavy atom. The van der Waals surface area contributed by atoms with Crippen LogP contribution in [0.5, 0.6) is 0 Å². The van der Waals surface area contributed by atoms with Gasteiger partial charge in [0.25, 0.3) is 0 Å². The van der Waals surface area contributed by atoms with Crippen molar-refractivity contribution in [2.75, 3.05) is 5.73 Å². The molecule has 3 nitrogen and oxygen atoms in total. The minimum atomic E-state index is -0.613. The molecule has 15 heavy (non-hydrogen) atoms. The second-order valence-corrected chi connectivity index (χ2v) is 3.53. The molecule has 0 aliphatic carbocycles. The van der Waals surface area contributed by atoms with Gasteiger partial charge in [-0.1, -0.05) is 11.6 Å². The van der Waals surface area contributed by atoms with E-state index in [-0.39, 0.29) is 10.6 Å². The Balaban J connectivity index is 2.84. The first kappa shape index (κ1) is 10.1. The minimum absolute atomic E-state index is 0.0379. The van der Waals surface area contributed by atoms with Crippen LogP contribution >= 0.6 is 11.6 Å². The van der Waals surface area contributed by atoms with Gasteiger partial charge < -0.3 is 10.8 Å². The molecular weight excluding hydrogens is 219 g/mol. The van der Waals surface area contributed by atoms with Crippen molar-refractivity contribution in [2.24, 2.45) is 0 Å². The normalized spacial score (nSPS) is 10.9. The molecule has 78 valence electrons. The molecule has 0 atom stereocenters. The van der Waals surface area contributed by atoms with E-state index in [2.05, 4.69) is 4.98 Å². The van der Waals surface area contributed by atoms with Gasteiger partial charge in [-0.25, -0.2) is 9.37 Å². The number of rotatable bonds is 1. The SMILES string of the molecule is Nc1cc2cc(CO)c(F)c(Cl)c2cn1. The van der Waals surface area contributed by atoms with Gasteiger partial charge >= 0.3 is 0 Å². The summed E-state index contributed by atoms with van der Waals surface area (Å²) in [5.41, 5.74) is 5.64. The topological polar surface area (TPSA) is 59.1 Å². The number of benzene rings is 1. The Labute approximate surface area is 90.3 Å². The number of nitrogens with zero attached hydrogens (tertiary/aromatic N) is 1. The van der Waals surface area contributed by atoms with Gasteiger partial charge in [0.2, 0.25) is 0 Å². The maximum atomic E-state index is 13.5. The summed E-state index contributed by atoms with van der Waals surface area (Å²) < 4.78 is 13.5. The maximum Gasteiger partial charge on any atom is 0.147 e. The minimum Gasteiger partial charge on any atom is -0.392 e. The fraction of sp³-hybridized carbons (Fsp3) is 0.100. The van der Waals surface area contributed by atoms with Crippen molar-refractivity contribution in [1.82, 2.24) is 4.98 Å². The third-order valence-electron chi connectivity index (χ3n) is 2.17. The average molecular weight is 227 g/mol. The molecule has 2 aromatic rings. The van der Waals surface area contributed by atoms with E-state index in [0.717, 1.165) is 0 Å². The van der Waals surface area contributed by atoms with Gasteiger partial charge in [-0.05, 0) is 17.5 Å². The molecular formula is C10H8ClFN2O. The molecule has 0 spiro atoms. The zero-order valence-electron chi connectivity index (χ0n) is 7.67. The molecule has 2 rings (SSSR count). The van der Waals surface area contributed by atoms with E-state index in [1.807, 2.05) is 0 Å². The first-order chi connectivity index (χ1) is 7.13. The lowest BCUT2D eigenvalue weighted by atomic mass is 10.1. The number of anilines is 1. The van der Waals surface area contributed by atoms with Crippen LogP contribution in [0.4, 0.5) is 10.2 Å². The number of aliphatic hydroxyl groups is 1. The average Bonchev–Trinajstić information content (AvgIpc) is 2.23. The van der Waals surface area contributed by atoms with Crippen molar-refractivity contribution >= 4 is 28.2 Å². The predicted molar refractivity (Wildman–Crippen MR) is 57.0 cm³/mol. The molecule has 0 amide bonds.